The highest BCUT2D eigenvalue weighted by molar-refractivity contribution is 5.91. The van der Waals surface area contributed by atoms with Crippen LogP contribution in [-0.2, 0) is 4.74 Å². The second-order valence-corrected chi connectivity index (χ2v) is 5.44. The molecule has 0 bridgehead atoms. The molecular formula is C16H16N4O3. The molecule has 23 heavy (non-hydrogen) atoms. The molecule has 0 amide bonds. The Balaban J connectivity index is 2.29. The average Bonchev–Trinajstić information content (AvgIpc) is 3.02. The molecule has 2 aromatic heterocycles. The van der Waals surface area contributed by atoms with Crippen LogP contribution in [0, 0.1) is 0 Å². The van der Waals surface area contributed by atoms with Crippen LogP contribution in [0.4, 0.5) is 0 Å². The summed E-state index contributed by atoms with van der Waals surface area (Å²) in [6.07, 6.45) is 1.33. The van der Waals surface area contributed by atoms with E-state index in [1.807, 2.05) is 19.9 Å². The zero-order valence-electron chi connectivity index (χ0n) is 13.0. The number of hydrogen-bond acceptors (Lipinski definition) is 5. The van der Waals surface area contributed by atoms with Crippen molar-refractivity contribution in [3.63, 3.8) is 0 Å². The zero-order chi connectivity index (χ0) is 16.6. The van der Waals surface area contributed by atoms with Crippen molar-refractivity contribution in [2.45, 2.75) is 19.8 Å². The molecule has 0 radical (unpaired) electrons. The third kappa shape index (κ3) is 2.50. The number of hydrogen-bond donors (Lipinski definition) is 1. The Hall–Kier alpha value is -2.96. The second-order valence-electron chi connectivity index (χ2n) is 5.44. The van der Waals surface area contributed by atoms with Crippen LogP contribution in [0.25, 0.3) is 17.0 Å². The van der Waals surface area contributed by atoms with Gasteiger partial charge in [-0.15, -0.1) is 0 Å². The van der Waals surface area contributed by atoms with E-state index < -0.39 is 5.97 Å². The molecule has 1 N–H and O–H groups in total. The first-order chi connectivity index (χ1) is 11.0. The number of nitrogens with one attached hydrogen (secondary N) is 1. The van der Waals surface area contributed by atoms with Gasteiger partial charge in [-0.25, -0.2) is 4.79 Å². The van der Waals surface area contributed by atoms with Gasteiger partial charge in [-0.1, -0.05) is 26.0 Å². The summed E-state index contributed by atoms with van der Waals surface area (Å²) in [5, 5.41) is 3.94. The highest BCUT2D eigenvalue weighted by atomic mass is 16.5. The summed E-state index contributed by atoms with van der Waals surface area (Å²) in [7, 11) is 1.33. The maximum atomic E-state index is 12.6. The fraction of sp³-hybridized carbons (Fsp3) is 0.250. The van der Waals surface area contributed by atoms with Gasteiger partial charge in [0.05, 0.1) is 18.4 Å². The molecule has 7 nitrogen and oxygen atoms in total. The van der Waals surface area contributed by atoms with Gasteiger partial charge < -0.3 is 9.72 Å². The minimum Gasteiger partial charge on any atom is -0.465 e. The maximum absolute atomic E-state index is 12.6. The predicted octanol–water partition coefficient (Wildman–Crippen LogP) is 1.99. The van der Waals surface area contributed by atoms with Crippen molar-refractivity contribution in [1.82, 2.24) is 19.6 Å². The van der Waals surface area contributed by atoms with Gasteiger partial charge >= 0.3 is 5.97 Å². The Morgan fingerprint density at radius 3 is 2.83 bits per heavy atom. The van der Waals surface area contributed by atoms with E-state index in [1.54, 1.807) is 18.2 Å². The number of ether oxygens (including phenoxy) is 1. The lowest BCUT2D eigenvalue weighted by atomic mass is 9.97. The molecule has 2 heterocycles. The summed E-state index contributed by atoms with van der Waals surface area (Å²) in [5.74, 6) is -0.0918. The number of nitrogens with zero attached hydrogens (tertiary/aromatic N) is 3. The first-order valence-electron chi connectivity index (χ1n) is 7.17. The molecule has 0 aliphatic carbocycles. The summed E-state index contributed by atoms with van der Waals surface area (Å²) >= 11 is 0. The van der Waals surface area contributed by atoms with Crippen molar-refractivity contribution >= 4 is 11.7 Å². The fourth-order valence-electron chi connectivity index (χ4n) is 2.56. The van der Waals surface area contributed by atoms with Gasteiger partial charge in [0.2, 0.25) is 5.78 Å². The third-order valence-corrected chi connectivity index (χ3v) is 3.63. The number of carbonyl (C=O) groups is 1. The van der Waals surface area contributed by atoms with Gasteiger partial charge in [0, 0.05) is 5.56 Å². The molecule has 7 heteroatoms. The average molecular weight is 312 g/mol. The Morgan fingerprint density at radius 1 is 1.35 bits per heavy atom. The number of H-pyrrole nitrogens is 1. The molecule has 3 rings (SSSR count). The summed E-state index contributed by atoms with van der Waals surface area (Å²) in [4.78, 5) is 31.6. The number of esters is 1. The topological polar surface area (TPSA) is 89.3 Å². The van der Waals surface area contributed by atoms with Crippen molar-refractivity contribution < 1.29 is 9.53 Å². The quantitative estimate of drug-likeness (QED) is 0.747. The van der Waals surface area contributed by atoms with E-state index >= 15 is 0 Å². The lowest BCUT2D eigenvalue weighted by Gasteiger charge is -2.13. The van der Waals surface area contributed by atoms with Gasteiger partial charge in [-0.05, 0) is 23.6 Å². The lowest BCUT2D eigenvalue weighted by molar-refractivity contribution is 0.0601. The van der Waals surface area contributed by atoms with Crippen LogP contribution in [-0.4, -0.2) is 32.7 Å². The fourth-order valence-corrected chi connectivity index (χ4v) is 2.56. The van der Waals surface area contributed by atoms with Crippen molar-refractivity contribution in [2.75, 3.05) is 7.11 Å². The molecule has 0 spiro atoms. The van der Waals surface area contributed by atoms with Crippen LogP contribution in [0.3, 0.4) is 0 Å². The molecule has 0 saturated carbocycles. The van der Waals surface area contributed by atoms with Crippen molar-refractivity contribution in [2.24, 2.45) is 0 Å². The molecule has 0 fully saturated rings. The van der Waals surface area contributed by atoms with Crippen molar-refractivity contribution in [1.29, 1.82) is 0 Å². The Kier molecular flexibility index (Phi) is 3.69. The predicted molar refractivity (Wildman–Crippen MR) is 84.5 cm³/mol. The summed E-state index contributed by atoms with van der Waals surface area (Å²) in [6.45, 7) is 3.86. The van der Waals surface area contributed by atoms with Gasteiger partial charge in [-0.3, -0.25) is 4.79 Å². The van der Waals surface area contributed by atoms with Crippen LogP contribution in [0.15, 0.2) is 35.4 Å². The molecular weight excluding hydrogens is 296 g/mol. The molecule has 0 saturated heterocycles. The van der Waals surface area contributed by atoms with Crippen molar-refractivity contribution in [3.05, 3.63) is 52.1 Å². The summed E-state index contributed by atoms with van der Waals surface area (Å²) in [5.41, 5.74) is 2.15. The number of fused-ring (bicyclic) bond motifs is 1. The highest BCUT2D eigenvalue weighted by Gasteiger charge is 2.18. The number of rotatable bonds is 3. The smallest absolute Gasteiger partial charge is 0.337 e. The van der Waals surface area contributed by atoms with E-state index in [4.69, 9.17) is 4.74 Å². The van der Waals surface area contributed by atoms with Crippen LogP contribution in [0.2, 0.25) is 0 Å². The van der Waals surface area contributed by atoms with Gasteiger partial charge in [0.1, 0.15) is 6.33 Å². The van der Waals surface area contributed by atoms with E-state index in [9.17, 15) is 9.59 Å². The zero-order valence-corrected chi connectivity index (χ0v) is 13.0. The third-order valence-electron chi connectivity index (χ3n) is 3.63. The van der Waals surface area contributed by atoms with Gasteiger partial charge in [-0.2, -0.15) is 14.6 Å². The molecule has 0 atom stereocenters. The number of aromatic amines is 1. The maximum Gasteiger partial charge on any atom is 0.337 e. The number of carbonyl (C=O) groups excluding carboxylic acids is 1. The number of aromatic nitrogens is 4. The Morgan fingerprint density at radius 2 is 2.13 bits per heavy atom. The Bertz CT molecular complexity index is 940. The molecule has 118 valence electrons. The van der Waals surface area contributed by atoms with Gasteiger partial charge in [0.15, 0.2) is 0 Å². The second kappa shape index (κ2) is 5.68. The molecule has 0 aliphatic rings. The summed E-state index contributed by atoms with van der Waals surface area (Å²) in [6, 6.07) is 6.93. The van der Waals surface area contributed by atoms with E-state index in [0.29, 0.717) is 22.6 Å². The minimum atomic E-state index is -0.427. The first kappa shape index (κ1) is 15.0. The lowest BCUT2D eigenvalue weighted by Crippen LogP contribution is -2.22. The standard InChI is InChI=1S/C16H16N4O3/c1-9(2)12-13(19-16-17-8-18-20(16)14(12)21)10-5-4-6-11(7-10)15(22)23-3/h4-9H,1-3H3,(H,17,18,19). The molecule has 0 aliphatic heterocycles. The number of benzene rings is 1. The monoisotopic (exact) mass is 312 g/mol. The minimum absolute atomic E-state index is 0.0240. The normalized spacial score (nSPS) is 11.1. The molecule has 1 aromatic carbocycles. The highest BCUT2D eigenvalue weighted by Crippen LogP contribution is 2.26. The van der Waals surface area contributed by atoms with E-state index in [1.165, 1.54) is 18.0 Å². The van der Waals surface area contributed by atoms with Gasteiger partial charge in [0.25, 0.3) is 5.56 Å². The first-order valence-corrected chi connectivity index (χ1v) is 7.17. The largest absolute Gasteiger partial charge is 0.465 e. The summed E-state index contributed by atoms with van der Waals surface area (Å²) < 4.78 is 5.99. The van der Waals surface area contributed by atoms with Crippen LogP contribution >= 0.6 is 0 Å². The molecule has 3 aromatic rings. The van der Waals surface area contributed by atoms with Crippen LogP contribution < -0.4 is 5.56 Å². The van der Waals surface area contributed by atoms with Crippen LogP contribution in [0.1, 0.15) is 35.7 Å². The molecule has 0 unspecified atom stereocenters. The van der Waals surface area contributed by atoms with E-state index in [2.05, 4.69) is 15.1 Å². The SMILES string of the molecule is COC(=O)c1cccc(-c2[nH]c3ncnn3c(=O)c2C(C)C)c1. The van der Waals surface area contributed by atoms with Crippen LogP contribution in [0.5, 0.6) is 0 Å². The van der Waals surface area contributed by atoms with E-state index in [-0.39, 0.29) is 11.5 Å². The van der Waals surface area contributed by atoms with E-state index in [0.717, 1.165) is 5.56 Å². The Labute approximate surface area is 131 Å². The van der Waals surface area contributed by atoms with Crippen molar-refractivity contribution in [3.8, 4) is 11.3 Å². The number of methoxy groups -OCH3 is 1.